The summed E-state index contributed by atoms with van der Waals surface area (Å²) < 4.78 is 0. The topological polar surface area (TPSA) is 61.4 Å². The Morgan fingerprint density at radius 2 is 1.43 bits per heavy atom. The molecule has 2 aromatic carbocycles. The summed E-state index contributed by atoms with van der Waals surface area (Å²) in [6.45, 7) is 1.80. The average Bonchev–Trinajstić information content (AvgIpc) is 3.21. The van der Waals surface area contributed by atoms with Crippen LogP contribution in [-0.2, 0) is 24.4 Å². The Morgan fingerprint density at radius 1 is 0.821 bits per heavy atom. The van der Waals surface area contributed by atoms with E-state index < -0.39 is 6.03 Å². The lowest BCUT2D eigenvalue weighted by atomic mass is 10.1. The zero-order valence-electron chi connectivity index (χ0n) is 15.5. The number of nitrogens with one attached hydrogen (secondary N) is 2. The fourth-order valence-corrected chi connectivity index (χ4v) is 3.49. The minimum Gasteiger partial charge on any atom is -0.333 e. The van der Waals surface area contributed by atoms with Crippen molar-refractivity contribution in [2.45, 2.75) is 19.6 Å². The molecule has 1 aromatic heterocycles. The fraction of sp³-hybridized carbons (Fsp3) is 0.182. The summed E-state index contributed by atoms with van der Waals surface area (Å²) in [7, 11) is 0. The number of imide groups is 1. The van der Waals surface area contributed by atoms with E-state index in [9.17, 15) is 9.59 Å². The summed E-state index contributed by atoms with van der Waals surface area (Å²) >= 11 is 1.56. The summed E-state index contributed by atoms with van der Waals surface area (Å²) in [6, 6.07) is 23.4. The second-order valence-electron chi connectivity index (χ2n) is 6.43. The van der Waals surface area contributed by atoms with Gasteiger partial charge in [0, 0.05) is 18.0 Å². The lowest BCUT2D eigenvalue weighted by Gasteiger charge is -2.22. The average molecular weight is 394 g/mol. The molecule has 0 aliphatic rings. The van der Waals surface area contributed by atoms with Gasteiger partial charge < -0.3 is 5.32 Å². The first-order valence-electron chi connectivity index (χ1n) is 9.09. The Labute approximate surface area is 169 Å². The molecule has 0 bridgehead atoms. The van der Waals surface area contributed by atoms with Crippen LogP contribution >= 0.6 is 11.3 Å². The van der Waals surface area contributed by atoms with Gasteiger partial charge in [-0.3, -0.25) is 15.0 Å². The largest absolute Gasteiger partial charge is 0.333 e. The number of carbonyl (C=O) groups excluding carboxylic acids is 2. The Kier molecular flexibility index (Phi) is 7.35. The second kappa shape index (κ2) is 10.4. The van der Waals surface area contributed by atoms with Gasteiger partial charge in [-0.1, -0.05) is 66.7 Å². The summed E-state index contributed by atoms with van der Waals surface area (Å²) in [5, 5.41) is 7.08. The van der Waals surface area contributed by atoms with Crippen molar-refractivity contribution in [1.29, 1.82) is 0 Å². The van der Waals surface area contributed by atoms with Crippen LogP contribution in [-0.4, -0.2) is 23.4 Å². The van der Waals surface area contributed by atoms with Crippen molar-refractivity contribution in [1.82, 2.24) is 15.5 Å². The molecule has 2 N–H and O–H groups in total. The van der Waals surface area contributed by atoms with Crippen LogP contribution in [0.1, 0.15) is 16.0 Å². The molecule has 0 fully saturated rings. The van der Waals surface area contributed by atoms with Crippen molar-refractivity contribution in [2.75, 3.05) is 6.54 Å². The molecule has 1 heterocycles. The van der Waals surface area contributed by atoms with Gasteiger partial charge in [-0.2, -0.15) is 0 Å². The molecular weight excluding hydrogens is 370 g/mol. The summed E-state index contributed by atoms with van der Waals surface area (Å²) in [4.78, 5) is 27.4. The molecular formula is C22H23N3O2S. The van der Waals surface area contributed by atoms with Crippen LogP contribution < -0.4 is 10.6 Å². The van der Waals surface area contributed by atoms with Gasteiger partial charge in [-0.05, 0) is 22.6 Å². The number of nitrogens with zero attached hydrogens (tertiary/aromatic N) is 1. The van der Waals surface area contributed by atoms with Crippen molar-refractivity contribution in [3.05, 3.63) is 94.2 Å². The Hall–Kier alpha value is -2.96. The van der Waals surface area contributed by atoms with E-state index in [2.05, 4.69) is 10.6 Å². The monoisotopic (exact) mass is 393 g/mol. The smallest absolute Gasteiger partial charge is 0.321 e. The number of rotatable bonds is 8. The molecule has 0 aliphatic carbocycles. The Balaban J connectivity index is 1.56. The van der Waals surface area contributed by atoms with E-state index in [1.54, 1.807) is 11.3 Å². The number of benzene rings is 2. The molecule has 0 spiro atoms. The van der Waals surface area contributed by atoms with Crippen molar-refractivity contribution in [3.63, 3.8) is 0 Å². The van der Waals surface area contributed by atoms with Gasteiger partial charge in [0.1, 0.15) is 0 Å². The number of carbonyl (C=O) groups is 2. The molecule has 144 valence electrons. The fourth-order valence-electron chi connectivity index (χ4n) is 2.84. The SMILES string of the molecule is O=C(CN(Cc1ccccc1)Cc1ccccc1)NC(=O)NCc1cccs1. The first-order valence-corrected chi connectivity index (χ1v) is 9.97. The van der Waals surface area contributed by atoms with E-state index in [1.165, 1.54) is 0 Å². The third kappa shape index (κ3) is 6.64. The Morgan fingerprint density at radius 3 is 1.96 bits per heavy atom. The van der Waals surface area contributed by atoms with E-state index in [0.29, 0.717) is 19.6 Å². The van der Waals surface area contributed by atoms with Crippen LogP contribution in [0.4, 0.5) is 4.79 Å². The van der Waals surface area contributed by atoms with Crippen molar-refractivity contribution in [3.8, 4) is 0 Å². The van der Waals surface area contributed by atoms with Gasteiger partial charge in [0.05, 0.1) is 13.1 Å². The van der Waals surface area contributed by atoms with Gasteiger partial charge in [0.2, 0.25) is 5.91 Å². The predicted octanol–water partition coefficient (Wildman–Crippen LogP) is 3.78. The maximum Gasteiger partial charge on any atom is 0.321 e. The zero-order valence-corrected chi connectivity index (χ0v) is 16.3. The number of thiophene rings is 1. The van der Waals surface area contributed by atoms with Gasteiger partial charge in [-0.25, -0.2) is 4.79 Å². The minimum atomic E-state index is -0.474. The van der Waals surface area contributed by atoms with Gasteiger partial charge in [0.25, 0.3) is 0 Å². The van der Waals surface area contributed by atoms with Crippen molar-refractivity contribution >= 4 is 23.3 Å². The normalized spacial score (nSPS) is 10.6. The molecule has 0 atom stereocenters. The van der Waals surface area contributed by atoms with Gasteiger partial charge in [-0.15, -0.1) is 11.3 Å². The highest BCUT2D eigenvalue weighted by atomic mass is 32.1. The number of amides is 3. The molecule has 0 saturated carbocycles. The molecule has 0 saturated heterocycles. The molecule has 3 aromatic rings. The van der Waals surface area contributed by atoms with Crippen LogP contribution in [0.15, 0.2) is 78.2 Å². The maximum absolute atomic E-state index is 12.4. The van der Waals surface area contributed by atoms with Crippen LogP contribution in [0.5, 0.6) is 0 Å². The highest BCUT2D eigenvalue weighted by Crippen LogP contribution is 2.10. The van der Waals surface area contributed by atoms with E-state index >= 15 is 0 Å². The van der Waals surface area contributed by atoms with E-state index in [0.717, 1.165) is 16.0 Å². The third-order valence-electron chi connectivity index (χ3n) is 4.12. The highest BCUT2D eigenvalue weighted by Gasteiger charge is 2.14. The second-order valence-corrected chi connectivity index (χ2v) is 7.46. The van der Waals surface area contributed by atoms with E-state index in [4.69, 9.17) is 0 Å². The predicted molar refractivity (Wildman–Crippen MR) is 112 cm³/mol. The van der Waals surface area contributed by atoms with Gasteiger partial charge >= 0.3 is 6.03 Å². The minimum absolute atomic E-state index is 0.135. The maximum atomic E-state index is 12.4. The zero-order chi connectivity index (χ0) is 19.6. The quantitative estimate of drug-likeness (QED) is 0.612. The van der Waals surface area contributed by atoms with E-state index in [1.807, 2.05) is 83.1 Å². The lowest BCUT2D eigenvalue weighted by molar-refractivity contribution is -0.121. The number of urea groups is 1. The molecule has 3 amide bonds. The summed E-state index contributed by atoms with van der Waals surface area (Å²) in [5.74, 6) is -0.324. The van der Waals surface area contributed by atoms with Crippen LogP contribution in [0.25, 0.3) is 0 Å². The third-order valence-corrected chi connectivity index (χ3v) is 5.00. The van der Waals surface area contributed by atoms with Crippen LogP contribution in [0.3, 0.4) is 0 Å². The number of hydrogen-bond acceptors (Lipinski definition) is 4. The molecule has 6 heteroatoms. The lowest BCUT2D eigenvalue weighted by Crippen LogP contribution is -2.44. The standard InChI is InChI=1S/C22H23N3O2S/c26-21(24-22(27)23-14-20-12-7-13-28-20)17-25(15-18-8-3-1-4-9-18)16-19-10-5-2-6-11-19/h1-13H,14-17H2,(H2,23,24,26,27). The molecule has 5 nitrogen and oxygen atoms in total. The molecule has 28 heavy (non-hydrogen) atoms. The summed E-state index contributed by atoms with van der Waals surface area (Å²) in [5.41, 5.74) is 2.24. The van der Waals surface area contributed by atoms with E-state index in [-0.39, 0.29) is 12.5 Å². The first-order chi connectivity index (χ1) is 13.7. The molecule has 3 rings (SSSR count). The van der Waals surface area contributed by atoms with Crippen molar-refractivity contribution in [2.24, 2.45) is 0 Å². The number of hydrogen-bond donors (Lipinski definition) is 2. The van der Waals surface area contributed by atoms with Crippen LogP contribution in [0, 0.1) is 0 Å². The van der Waals surface area contributed by atoms with Crippen LogP contribution in [0.2, 0.25) is 0 Å². The highest BCUT2D eigenvalue weighted by molar-refractivity contribution is 7.09. The molecule has 0 radical (unpaired) electrons. The first kappa shape index (κ1) is 19.8. The van der Waals surface area contributed by atoms with Crippen molar-refractivity contribution < 1.29 is 9.59 Å². The van der Waals surface area contributed by atoms with Gasteiger partial charge in [0.15, 0.2) is 0 Å². The summed E-state index contributed by atoms with van der Waals surface area (Å²) in [6.07, 6.45) is 0. The Bertz CT molecular complexity index is 826. The molecule has 0 unspecified atom stereocenters. The molecule has 0 aliphatic heterocycles.